The molecule has 2 fully saturated rings. The Bertz CT molecular complexity index is 1290. The number of amides is 1. The summed E-state index contributed by atoms with van der Waals surface area (Å²) >= 11 is 6.86. The predicted molar refractivity (Wildman–Crippen MR) is 156 cm³/mol. The second-order valence-corrected chi connectivity index (χ2v) is 11.1. The van der Waals surface area contributed by atoms with E-state index >= 15 is 0 Å². The maximum atomic E-state index is 13.4. The number of hydrogen-bond donors (Lipinski definition) is 1. The molecule has 0 aliphatic carbocycles. The minimum absolute atomic E-state index is 0.147. The molecule has 3 aromatic carbocycles. The molecule has 1 amide bonds. The fraction of sp³-hybridized carbons (Fsp3) is 0.406. The Hall–Kier alpha value is -3.42. The van der Waals surface area contributed by atoms with Gasteiger partial charge in [-0.05, 0) is 86.3 Å². The third-order valence-corrected chi connectivity index (χ3v) is 8.32. The average Bonchev–Trinajstić information content (AvgIpc) is 2.99. The standard InChI is InChI=1S/C32H37ClN2O5/c1-37-25-9-5-23(6-10-25)19-39-28-14-13-27(29(33)30(28)40-20-24-7-11-26(38-2)12-8-24)31(36)34-21-32-15-3-17-35(22-32)18-4-16-32/h5-14H,3-4,15-22H2,1-2H3,(H,34,36). The molecule has 8 heteroatoms. The van der Waals surface area contributed by atoms with Crippen molar-refractivity contribution in [3.05, 3.63) is 82.4 Å². The molecule has 2 aliphatic rings. The Morgan fingerprint density at radius 3 is 2.00 bits per heavy atom. The zero-order valence-electron chi connectivity index (χ0n) is 23.2. The predicted octanol–water partition coefficient (Wildman–Crippen LogP) is 6.12. The van der Waals surface area contributed by atoms with Crippen molar-refractivity contribution < 1.29 is 23.7 Å². The molecule has 2 aliphatic heterocycles. The second kappa shape index (κ2) is 12.8. The van der Waals surface area contributed by atoms with Crippen molar-refractivity contribution in [3.8, 4) is 23.0 Å². The van der Waals surface area contributed by atoms with E-state index in [1.165, 1.54) is 12.8 Å². The molecule has 3 aromatic rings. The van der Waals surface area contributed by atoms with Crippen molar-refractivity contribution in [1.29, 1.82) is 0 Å². The summed E-state index contributed by atoms with van der Waals surface area (Å²) in [5, 5.41) is 3.43. The van der Waals surface area contributed by atoms with Gasteiger partial charge in [-0.25, -0.2) is 0 Å². The lowest BCUT2D eigenvalue weighted by Crippen LogP contribution is -2.52. The maximum absolute atomic E-state index is 13.4. The normalized spacial score (nSPS) is 19.9. The Morgan fingerprint density at radius 2 is 1.43 bits per heavy atom. The Morgan fingerprint density at radius 1 is 0.850 bits per heavy atom. The summed E-state index contributed by atoms with van der Waals surface area (Å²) in [7, 11) is 3.27. The number of fused-ring (bicyclic) bond motifs is 2. The first-order valence-electron chi connectivity index (χ1n) is 13.8. The topological polar surface area (TPSA) is 69.3 Å². The van der Waals surface area contributed by atoms with Gasteiger partial charge in [-0.1, -0.05) is 35.9 Å². The molecule has 0 atom stereocenters. The van der Waals surface area contributed by atoms with Gasteiger partial charge in [0.2, 0.25) is 0 Å². The summed E-state index contributed by atoms with van der Waals surface area (Å²) in [5.41, 5.74) is 2.43. The van der Waals surface area contributed by atoms with Crippen LogP contribution in [0, 0.1) is 5.41 Å². The molecule has 5 rings (SSSR count). The van der Waals surface area contributed by atoms with Gasteiger partial charge in [-0.3, -0.25) is 4.79 Å². The van der Waals surface area contributed by atoms with Crippen LogP contribution in [0.1, 0.15) is 47.2 Å². The van der Waals surface area contributed by atoms with Crippen LogP contribution in [0.2, 0.25) is 5.02 Å². The highest BCUT2D eigenvalue weighted by Crippen LogP contribution is 2.40. The van der Waals surface area contributed by atoms with E-state index < -0.39 is 0 Å². The molecule has 1 N–H and O–H groups in total. The summed E-state index contributed by atoms with van der Waals surface area (Å²) in [6.45, 7) is 4.59. The van der Waals surface area contributed by atoms with Gasteiger partial charge < -0.3 is 29.2 Å². The van der Waals surface area contributed by atoms with Crippen LogP contribution >= 0.6 is 11.6 Å². The molecule has 2 saturated heterocycles. The maximum Gasteiger partial charge on any atom is 0.252 e. The number of benzene rings is 3. The molecule has 0 saturated carbocycles. The number of halogens is 1. The van der Waals surface area contributed by atoms with E-state index in [0.29, 0.717) is 30.2 Å². The number of methoxy groups -OCH3 is 2. The van der Waals surface area contributed by atoms with Crippen LogP contribution in [-0.4, -0.2) is 51.2 Å². The SMILES string of the molecule is COc1ccc(COc2ccc(C(=O)NCC34CCCN(CCC3)C4)c(Cl)c2OCc2ccc(OC)cc2)cc1. The van der Waals surface area contributed by atoms with Crippen molar-refractivity contribution in [2.75, 3.05) is 40.4 Å². The number of nitrogens with one attached hydrogen (secondary N) is 1. The quantitative estimate of drug-likeness (QED) is 0.302. The van der Waals surface area contributed by atoms with Crippen LogP contribution in [0.4, 0.5) is 0 Å². The Kier molecular flexibility index (Phi) is 9.02. The minimum Gasteiger partial charge on any atom is -0.497 e. The van der Waals surface area contributed by atoms with Gasteiger partial charge in [0.1, 0.15) is 24.7 Å². The van der Waals surface area contributed by atoms with Gasteiger partial charge in [0.05, 0.1) is 24.8 Å². The van der Waals surface area contributed by atoms with Crippen LogP contribution < -0.4 is 24.3 Å². The van der Waals surface area contributed by atoms with E-state index in [2.05, 4.69) is 10.2 Å². The first-order valence-corrected chi connectivity index (χ1v) is 14.2. The first-order chi connectivity index (χ1) is 19.5. The molecule has 2 heterocycles. The molecular formula is C32H37ClN2O5. The van der Waals surface area contributed by atoms with Crippen LogP contribution in [0.15, 0.2) is 60.7 Å². The van der Waals surface area contributed by atoms with Crippen molar-refractivity contribution in [2.45, 2.75) is 38.9 Å². The van der Waals surface area contributed by atoms with E-state index in [1.54, 1.807) is 26.4 Å². The van der Waals surface area contributed by atoms with Gasteiger partial charge in [0.25, 0.3) is 5.91 Å². The molecule has 212 valence electrons. The summed E-state index contributed by atoms with van der Waals surface area (Å²) in [6.07, 6.45) is 4.65. The lowest BCUT2D eigenvalue weighted by Gasteiger charge is -2.47. The van der Waals surface area contributed by atoms with E-state index in [1.807, 2.05) is 48.5 Å². The smallest absolute Gasteiger partial charge is 0.252 e. The number of hydrogen-bond acceptors (Lipinski definition) is 6. The number of piperidine rings is 2. The van der Waals surface area contributed by atoms with Gasteiger partial charge in [-0.15, -0.1) is 0 Å². The fourth-order valence-electron chi connectivity index (χ4n) is 5.70. The van der Waals surface area contributed by atoms with E-state index in [4.69, 9.17) is 30.5 Å². The number of nitrogens with zero attached hydrogens (tertiary/aromatic N) is 1. The molecule has 2 bridgehead atoms. The number of carbonyl (C=O) groups excluding carboxylic acids is 1. The molecule has 40 heavy (non-hydrogen) atoms. The van der Waals surface area contributed by atoms with Crippen molar-refractivity contribution in [3.63, 3.8) is 0 Å². The third kappa shape index (κ3) is 6.65. The highest BCUT2D eigenvalue weighted by Gasteiger charge is 2.38. The Labute approximate surface area is 241 Å². The molecule has 0 aromatic heterocycles. The highest BCUT2D eigenvalue weighted by molar-refractivity contribution is 6.35. The number of carbonyl (C=O) groups is 1. The lowest BCUT2D eigenvalue weighted by atomic mass is 9.73. The van der Waals surface area contributed by atoms with Gasteiger partial charge in [0, 0.05) is 18.5 Å². The summed E-state index contributed by atoms with van der Waals surface area (Å²) in [6, 6.07) is 18.7. The zero-order chi connectivity index (χ0) is 28.0. The van der Waals surface area contributed by atoms with Gasteiger partial charge in [-0.2, -0.15) is 0 Å². The average molecular weight is 565 g/mol. The zero-order valence-corrected chi connectivity index (χ0v) is 24.0. The fourth-order valence-corrected chi connectivity index (χ4v) is 6.00. The van der Waals surface area contributed by atoms with Gasteiger partial charge >= 0.3 is 0 Å². The third-order valence-electron chi connectivity index (χ3n) is 7.95. The monoisotopic (exact) mass is 564 g/mol. The van der Waals surface area contributed by atoms with Crippen LogP contribution in [0.3, 0.4) is 0 Å². The highest BCUT2D eigenvalue weighted by atomic mass is 35.5. The minimum atomic E-state index is -0.196. The van der Waals surface area contributed by atoms with E-state index in [0.717, 1.165) is 55.1 Å². The molecule has 0 radical (unpaired) electrons. The summed E-state index contributed by atoms with van der Waals surface area (Å²) in [4.78, 5) is 15.9. The van der Waals surface area contributed by atoms with Crippen LogP contribution in [0.25, 0.3) is 0 Å². The second-order valence-electron chi connectivity index (χ2n) is 10.7. The number of ether oxygens (including phenoxy) is 4. The molecule has 0 unspecified atom stereocenters. The van der Waals surface area contributed by atoms with Gasteiger partial charge in [0.15, 0.2) is 11.5 Å². The summed E-state index contributed by atoms with van der Waals surface area (Å²) in [5.74, 6) is 2.16. The summed E-state index contributed by atoms with van der Waals surface area (Å²) < 4.78 is 22.8. The molecule has 0 spiro atoms. The van der Waals surface area contributed by atoms with Crippen molar-refractivity contribution in [1.82, 2.24) is 10.2 Å². The van der Waals surface area contributed by atoms with E-state index in [-0.39, 0.29) is 23.0 Å². The Balaban J connectivity index is 1.33. The van der Waals surface area contributed by atoms with Crippen LogP contribution in [0.5, 0.6) is 23.0 Å². The van der Waals surface area contributed by atoms with Crippen LogP contribution in [-0.2, 0) is 13.2 Å². The number of rotatable bonds is 11. The molecular weight excluding hydrogens is 528 g/mol. The first kappa shape index (κ1) is 28.1. The largest absolute Gasteiger partial charge is 0.497 e. The molecule has 7 nitrogen and oxygen atoms in total. The van der Waals surface area contributed by atoms with Crippen molar-refractivity contribution >= 4 is 17.5 Å². The van der Waals surface area contributed by atoms with E-state index in [9.17, 15) is 4.79 Å². The van der Waals surface area contributed by atoms with Crippen molar-refractivity contribution in [2.24, 2.45) is 5.41 Å². The lowest BCUT2D eigenvalue weighted by molar-refractivity contribution is 0.0370.